The standard InChI is InChI=1S/C17H12Cl2N4.H2O/c18-13-5-1-11(2-6-13)15-9-16(12-3-7-14(19)8-4-12)23-17(22-15)20-10-21-23;/h1-10,16H,(H,20,21,22);1H2. The van der Waals surface area contributed by atoms with Gasteiger partial charge in [0.15, 0.2) is 0 Å². The lowest BCUT2D eigenvalue weighted by Gasteiger charge is -2.24. The molecule has 0 saturated carbocycles. The Morgan fingerprint density at radius 2 is 1.54 bits per heavy atom. The van der Waals surface area contributed by atoms with E-state index < -0.39 is 0 Å². The largest absolute Gasteiger partial charge is 0.412 e. The first kappa shape index (κ1) is 16.5. The van der Waals surface area contributed by atoms with Crippen molar-refractivity contribution in [3.63, 3.8) is 0 Å². The maximum atomic E-state index is 5.99. The average molecular weight is 361 g/mol. The Labute approximate surface area is 148 Å². The Morgan fingerprint density at radius 1 is 0.917 bits per heavy atom. The van der Waals surface area contributed by atoms with Crippen LogP contribution in [-0.2, 0) is 0 Å². The Hall–Kier alpha value is -2.34. The van der Waals surface area contributed by atoms with Crippen LogP contribution >= 0.6 is 23.2 Å². The van der Waals surface area contributed by atoms with Crippen molar-refractivity contribution in [1.29, 1.82) is 0 Å². The third-order valence-corrected chi connectivity index (χ3v) is 4.28. The molecule has 1 aliphatic rings. The van der Waals surface area contributed by atoms with E-state index in [0.717, 1.165) is 16.8 Å². The van der Waals surface area contributed by atoms with Gasteiger partial charge in [-0.2, -0.15) is 10.1 Å². The van der Waals surface area contributed by atoms with E-state index in [2.05, 4.69) is 21.5 Å². The van der Waals surface area contributed by atoms with Crippen LogP contribution in [0, 0.1) is 0 Å². The molecule has 0 fully saturated rings. The Morgan fingerprint density at radius 3 is 2.21 bits per heavy atom. The maximum absolute atomic E-state index is 5.99. The summed E-state index contributed by atoms with van der Waals surface area (Å²) in [6, 6.07) is 15.4. The number of hydrogen-bond acceptors (Lipinski definition) is 3. The predicted octanol–water partition coefficient (Wildman–Crippen LogP) is 3.82. The second kappa shape index (κ2) is 6.65. The summed E-state index contributed by atoms with van der Waals surface area (Å²) in [5, 5.41) is 9.05. The van der Waals surface area contributed by atoms with Crippen LogP contribution in [0.2, 0.25) is 10.0 Å². The lowest BCUT2D eigenvalue weighted by Crippen LogP contribution is -2.20. The smallest absolute Gasteiger partial charge is 0.226 e. The van der Waals surface area contributed by atoms with Crippen molar-refractivity contribution in [3.8, 4) is 0 Å². The summed E-state index contributed by atoms with van der Waals surface area (Å²) in [5.41, 5.74) is 3.11. The third-order valence-electron chi connectivity index (χ3n) is 3.77. The number of hydrogen-bond donors (Lipinski definition) is 1. The van der Waals surface area contributed by atoms with Crippen LogP contribution in [0.3, 0.4) is 0 Å². The highest BCUT2D eigenvalue weighted by Crippen LogP contribution is 2.32. The van der Waals surface area contributed by atoms with Crippen LogP contribution in [0.15, 0.2) is 60.9 Å². The number of allylic oxidation sites excluding steroid dienone is 1. The average Bonchev–Trinajstić information content (AvgIpc) is 3.04. The fourth-order valence-corrected chi connectivity index (χ4v) is 2.88. The molecular weight excluding hydrogens is 347 g/mol. The molecule has 122 valence electrons. The molecule has 0 amide bonds. The van der Waals surface area contributed by atoms with E-state index in [1.165, 1.54) is 0 Å². The summed E-state index contributed by atoms with van der Waals surface area (Å²) in [6.45, 7) is 0. The molecule has 2 aromatic carbocycles. The lowest BCUT2D eigenvalue weighted by atomic mass is 10.0. The molecule has 0 bridgehead atoms. The van der Waals surface area contributed by atoms with Crippen LogP contribution in [-0.4, -0.2) is 20.2 Å². The highest BCUT2D eigenvalue weighted by atomic mass is 35.5. The van der Waals surface area contributed by atoms with Crippen LogP contribution < -0.4 is 5.32 Å². The van der Waals surface area contributed by atoms with Crippen molar-refractivity contribution in [1.82, 2.24) is 14.8 Å². The van der Waals surface area contributed by atoms with Gasteiger partial charge >= 0.3 is 0 Å². The number of nitrogens with one attached hydrogen (secondary N) is 1. The molecule has 1 aliphatic heterocycles. The van der Waals surface area contributed by atoms with Crippen molar-refractivity contribution < 1.29 is 5.48 Å². The molecule has 7 heteroatoms. The van der Waals surface area contributed by atoms with E-state index in [1.54, 1.807) is 6.33 Å². The van der Waals surface area contributed by atoms with E-state index in [1.807, 2.05) is 53.2 Å². The number of rotatable bonds is 2. The highest BCUT2D eigenvalue weighted by molar-refractivity contribution is 6.30. The highest BCUT2D eigenvalue weighted by Gasteiger charge is 2.23. The van der Waals surface area contributed by atoms with E-state index >= 15 is 0 Å². The molecule has 4 rings (SSSR count). The van der Waals surface area contributed by atoms with Gasteiger partial charge in [-0.05, 0) is 41.5 Å². The lowest BCUT2D eigenvalue weighted by molar-refractivity contribution is 0.612. The zero-order chi connectivity index (χ0) is 15.8. The molecular formula is C17H14Cl2N4O. The van der Waals surface area contributed by atoms with E-state index in [0.29, 0.717) is 16.0 Å². The van der Waals surface area contributed by atoms with Gasteiger partial charge in [0, 0.05) is 15.7 Å². The zero-order valence-corrected chi connectivity index (χ0v) is 14.0. The molecule has 0 saturated heterocycles. The fraction of sp³-hybridized carbons (Fsp3) is 0.0588. The maximum Gasteiger partial charge on any atom is 0.226 e. The molecule has 1 unspecified atom stereocenters. The van der Waals surface area contributed by atoms with Crippen LogP contribution in [0.5, 0.6) is 0 Å². The second-order valence-corrected chi connectivity index (χ2v) is 6.11. The van der Waals surface area contributed by atoms with Crippen molar-refractivity contribution in [2.24, 2.45) is 0 Å². The number of anilines is 1. The normalized spacial score (nSPS) is 15.8. The molecule has 3 N–H and O–H groups in total. The molecule has 1 aromatic heterocycles. The summed E-state index contributed by atoms with van der Waals surface area (Å²) >= 11 is 12.0. The fourth-order valence-electron chi connectivity index (χ4n) is 2.63. The summed E-state index contributed by atoms with van der Waals surface area (Å²) in [4.78, 5) is 4.29. The van der Waals surface area contributed by atoms with Crippen molar-refractivity contribution in [3.05, 3.63) is 82.1 Å². The third kappa shape index (κ3) is 3.01. The molecule has 24 heavy (non-hydrogen) atoms. The number of halogens is 2. The van der Waals surface area contributed by atoms with Crippen molar-refractivity contribution in [2.75, 3.05) is 5.32 Å². The Bertz CT molecular complexity index is 872. The van der Waals surface area contributed by atoms with E-state index in [9.17, 15) is 0 Å². The van der Waals surface area contributed by atoms with Gasteiger partial charge in [-0.3, -0.25) is 0 Å². The van der Waals surface area contributed by atoms with Gasteiger partial charge in [0.05, 0.1) is 0 Å². The number of nitrogens with zero attached hydrogens (tertiary/aromatic N) is 3. The zero-order valence-electron chi connectivity index (χ0n) is 12.4. The SMILES string of the molecule is Clc1ccc(C2=CC(c3ccc(Cl)cc3)n3ncnc3N2)cc1.O. The Balaban J connectivity index is 0.00000169. The molecule has 5 nitrogen and oxygen atoms in total. The van der Waals surface area contributed by atoms with Gasteiger partial charge in [0.1, 0.15) is 12.4 Å². The Kier molecular flexibility index (Phi) is 4.57. The second-order valence-electron chi connectivity index (χ2n) is 5.24. The van der Waals surface area contributed by atoms with Gasteiger partial charge in [0.2, 0.25) is 5.95 Å². The predicted molar refractivity (Wildman–Crippen MR) is 96.3 cm³/mol. The number of fused-ring (bicyclic) bond motifs is 1. The summed E-state index contributed by atoms with van der Waals surface area (Å²) in [7, 11) is 0. The number of benzene rings is 2. The minimum absolute atomic E-state index is 0. The van der Waals surface area contributed by atoms with Gasteiger partial charge in [-0.1, -0.05) is 47.5 Å². The topological polar surface area (TPSA) is 74.2 Å². The molecule has 3 aromatic rings. The molecule has 0 radical (unpaired) electrons. The van der Waals surface area contributed by atoms with E-state index in [4.69, 9.17) is 23.2 Å². The molecule has 2 heterocycles. The van der Waals surface area contributed by atoms with Crippen molar-refractivity contribution in [2.45, 2.75) is 6.04 Å². The monoisotopic (exact) mass is 360 g/mol. The first-order valence-electron chi connectivity index (χ1n) is 7.10. The summed E-state index contributed by atoms with van der Waals surface area (Å²) in [5.74, 6) is 0.706. The van der Waals surface area contributed by atoms with Crippen molar-refractivity contribution >= 4 is 34.8 Å². The van der Waals surface area contributed by atoms with Gasteiger partial charge in [-0.15, -0.1) is 0 Å². The van der Waals surface area contributed by atoms with E-state index in [-0.39, 0.29) is 11.5 Å². The van der Waals surface area contributed by atoms with Gasteiger partial charge in [-0.25, -0.2) is 4.68 Å². The van der Waals surface area contributed by atoms with Crippen LogP contribution in [0.25, 0.3) is 5.70 Å². The summed E-state index contributed by atoms with van der Waals surface area (Å²) in [6.07, 6.45) is 3.66. The molecule has 0 aliphatic carbocycles. The number of aromatic nitrogens is 3. The van der Waals surface area contributed by atoms with Crippen LogP contribution in [0.1, 0.15) is 17.2 Å². The quantitative estimate of drug-likeness (QED) is 0.754. The summed E-state index contributed by atoms with van der Waals surface area (Å²) < 4.78 is 1.85. The first-order valence-corrected chi connectivity index (χ1v) is 7.86. The van der Waals surface area contributed by atoms with Crippen LogP contribution in [0.4, 0.5) is 5.95 Å². The molecule has 1 atom stereocenters. The van der Waals surface area contributed by atoms with Gasteiger partial charge < -0.3 is 10.8 Å². The molecule has 0 spiro atoms. The minimum atomic E-state index is -0.0447. The van der Waals surface area contributed by atoms with Gasteiger partial charge in [0.25, 0.3) is 0 Å². The minimum Gasteiger partial charge on any atom is -0.412 e. The first-order chi connectivity index (χ1) is 11.2.